The second-order valence-electron chi connectivity index (χ2n) is 6.47. The Kier molecular flexibility index (Phi) is 3.76. The summed E-state index contributed by atoms with van der Waals surface area (Å²) in [6.07, 6.45) is 0.987. The van der Waals surface area contributed by atoms with Gasteiger partial charge in [0.05, 0.1) is 0 Å². The zero-order valence-electron chi connectivity index (χ0n) is 14.2. The molecule has 1 aromatic carbocycles. The van der Waals surface area contributed by atoms with Crippen LogP contribution in [-0.4, -0.2) is 41.4 Å². The van der Waals surface area contributed by atoms with E-state index in [1.54, 1.807) is 0 Å². The molecule has 2 aliphatic rings. The van der Waals surface area contributed by atoms with E-state index in [4.69, 9.17) is 14.2 Å². The van der Waals surface area contributed by atoms with E-state index in [2.05, 4.69) is 28.0 Å². The summed E-state index contributed by atoms with van der Waals surface area (Å²) in [5.41, 5.74) is 3.37. The SMILES string of the molecule is Cc1nc(C)c2c(n1)OC(CN(C)Cc1ccc3c(c1)OCO3)C2. The van der Waals surface area contributed by atoms with E-state index in [-0.39, 0.29) is 6.10 Å². The third-order valence-electron chi connectivity index (χ3n) is 4.40. The van der Waals surface area contributed by atoms with Crippen LogP contribution in [0.3, 0.4) is 0 Å². The van der Waals surface area contributed by atoms with Gasteiger partial charge in [-0.1, -0.05) is 6.07 Å². The van der Waals surface area contributed by atoms with Crippen molar-refractivity contribution in [2.45, 2.75) is 32.9 Å². The summed E-state index contributed by atoms with van der Waals surface area (Å²) in [5.74, 6) is 3.16. The normalized spacial score (nSPS) is 17.9. The average Bonchev–Trinajstić information content (AvgIpc) is 3.12. The van der Waals surface area contributed by atoms with Crippen molar-refractivity contribution in [2.75, 3.05) is 20.4 Å². The Morgan fingerprint density at radius 2 is 2.00 bits per heavy atom. The summed E-state index contributed by atoms with van der Waals surface area (Å²) in [4.78, 5) is 11.1. The van der Waals surface area contributed by atoms with E-state index in [0.717, 1.165) is 54.0 Å². The Morgan fingerprint density at radius 1 is 1.17 bits per heavy atom. The van der Waals surface area contributed by atoms with Gasteiger partial charge in [-0.2, -0.15) is 4.98 Å². The van der Waals surface area contributed by atoms with Crippen molar-refractivity contribution in [1.29, 1.82) is 0 Å². The number of aryl methyl sites for hydroxylation is 2. The van der Waals surface area contributed by atoms with Crippen LogP contribution in [0, 0.1) is 13.8 Å². The van der Waals surface area contributed by atoms with Crippen LogP contribution in [0.1, 0.15) is 22.6 Å². The Balaban J connectivity index is 1.39. The van der Waals surface area contributed by atoms with E-state index in [0.29, 0.717) is 6.79 Å². The molecule has 0 N–H and O–H groups in total. The van der Waals surface area contributed by atoms with Gasteiger partial charge in [-0.05, 0) is 38.6 Å². The molecule has 24 heavy (non-hydrogen) atoms. The molecule has 4 rings (SSSR count). The molecule has 6 heteroatoms. The van der Waals surface area contributed by atoms with Gasteiger partial charge in [0.15, 0.2) is 11.5 Å². The van der Waals surface area contributed by atoms with Crippen molar-refractivity contribution in [3.05, 3.63) is 40.8 Å². The van der Waals surface area contributed by atoms with Gasteiger partial charge in [0, 0.05) is 30.8 Å². The molecule has 0 saturated carbocycles. The molecular weight excluding hydrogens is 306 g/mol. The maximum Gasteiger partial charge on any atom is 0.231 e. The molecule has 0 radical (unpaired) electrons. The minimum Gasteiger partial charge on any atom is -0.472 e. The van der Waals surface area contributed by atoms with Crippen molar-refractivity contribution in [3.8, 4) is 17.4 Å². The number of fused-ring (bicyclic) bond motifs is 2. The number of ether oxygens (including phenoxy) is 3. The molecule has 0 bridgehead atoms. The third kappa shape index (κ3) is 2.89. The minimum atomic E-state index is 0.119. The number of hydrogen-bond donors (Lipinski definition) is 0. The van der Waals surface area contributed by atoms with E-state index in [1.165, 1.54) is 5.56 Å². The highest BCUT2D eigenvalue weighted by Gasteiger charge is 2.27. The maximum absolute atomic E-state index is 6.01. The molecule has 2 aliphatic heterocycles. The highest BCUT2D eigenvalue weighted by Crippen LogP contribution is 2.33. The van der Waals surface area contributed by atoms with Crippen LogP contribution in [0.2, 0.25) is 0 Å². The number of likely N-dealkylation sites (N-methyl/N-ethyl adjacent to an activating group) is 1. The van der Waals surface area contributed by atoms with Crippen molar-refractivity contribution < 1.29 is 14.2 Å². The summed E-state index contributed by atoms with van der Waals surface area (Å²) in [7, 11) is 2.10. The molecular formula is C18H21N3O3. The van der Waals surface area contributed by atoms with Gasteiger partial charge in [-0.25, -0.2) is 4.98 Å². The van der Waals surface area contributed by atoms with E-state index in [1.807, 2.05) is 26.0 Å². The maximum atomic E-state index is 6.01. The summed E-state index contributed by atoms with van der Waals surface area (Å²) in [6, 6.07) is 6.09. The fourth-order valence-corrected chi connectivity index (χ4v) is 3.33. The Labute approximate surface area is 141 Å². The zero-order chi connectivity index (χ0) is 16.7. The lowest BCUT2D eigenvalue weighted by Crippen LogP contribution is -2.31. The van der Waals surface area contributed by atoms with Crippen LogP contribution in [0.15, 0.2) is 18.2 Å². The van der Waals surface area contributed by atoms with E-state index in [9.17, 15) is 0 Å². The van der Waals surface area contributed by atoms with Gasteiger partial charge in [0.1, 0.15) is 11.9 Å². The van der Waals surface area contributed by atoms with E-state index < -0.39 is 0 Å². The van der Waals surface area contributed by atoms with Gasteiger partial charge < -0.3 is 14.2 Å². The molecule has 1 atom stereocenters. The first kappa shape index (κ1) is 15.2. The predicted molar refractivity (Wildman–Crippen MR) is 88.5 cm³/mol. The predicted octanol–water partition coefficient (Wildman–Crippen LogP) is 2.26. The molecule has 0 saturated heterocycles. The van der Waals surface area contributed by atoms with Crippen LogP contribution >= 0.6 is 0 Å². The van der Waals surface area contributed by atoms with Crippen molar-refractivity contribution in [1.82, 2.24) is 14.9 Å². The highest BCUT2D eigenvalue weighted by molar-refractivity contribution is 5.44. The van der Waals surface area contributed by atoms with Crippen LogP contribution in [0.25, 0.3) is 0 Å². The number of nitrogens with zero attached hydrogens (tertiary/aromatic N) is 3. The summed E-state index contributed by atoms with van der Waals surface area (Å²) >= 11 is 0. The van der Waals surface area contributed by atoms with Gasteiger partial charge in [-0.15, -0.1) is 0 Å². The average molecular weight is 327 g/mol. The first-order valence-electron chi connectivity index (χ1n) is 8.16. The number of hydrogen-bond acceptors (Lipinski definition) is 6. The zero-order valence-corrected chi connectivity index (χ0v) is 14.2. The number of benzene rings is 1. The molecule has 0 amide bonds. The van der Waals surface area contributed by atoms with Crippen molar-refractivity contribution in [3.63, 3.8) is 0 Å². The standard InChI is InChI=1S/C18H21N3O3/c1-11-15-7-14(24-18(15)20-12(2)19-11)9-21(3)8-13-4-5-16-17(6-13)23-10-22-16/h4-6,14H,7-10H2,1-3H3. The molecule has 126 valence electrons. The highest BCUT2D eigenvalue weighted by atomic mass is 16.7. The van der Waals surface area contributed by atoms with Crippen molar-refractivity contribution in [2.24, 2.45) is 0 Å². The molecule has 1 unspecified atom stereocenters. The molecule has 0 spiro atoms. The molecule has 3 heterocycles. The summed E-state index contributed by atoms with van der Waals surface area (Å²) in [6.45, 7) is 5.90. The quantitative estimate of drug-likeness (QED) is 0.858. The second-order valence-corrected chi connectivity index (χ2v) is 6.47. The fraction of sp³-hybridized carbons (Fsp3) is 0.444. The Bertz CT molecular complexity index is 778. The van der Waals surface area contributed by atoms with Gasteiger partial charge in [0.25, 0.3) is 0 Å². The first-order valence-corrected chi connectivity index (χ1v) is 8.16. The molecule has 0 aliphatic carbocycles. The smallest absolute Gasteiger partial charge is 0.231 e. The molecule has 1 aromatic heterocycles. The lowest BCUT2D eigenvalue weighted by molar-refractivity contribution is 0.160. The second kappa shape index (κ2) is 5.94. The lowest BCUT2D eigenvalue weighted by Gasteiger charge is -2.20. The molecule has 0 fully saturated rings. The minimum absolute atomic E-state index is 0.119. The number of rotatable bonds is 4. The number of aromatic nitrogens is 2. The van der Waals surface area contributed by atoms with E-state index >= 15 is 0 Å². The topological polar surface area (TPSA) is 56.7 Å². The molecule has 2 aromatic rings. The Morgan fingerprint density at radius 3 is 2.88 bits per heavy atom. The molecule has 6 nitrogen and oxygen atoms in total. The van der Waals surface area contributed by atoms with Crippen LogP contribution in [-0.2, 0) is 13.0 Å². The third-order valence-corrected chi connectivity index (χ3v) is 4.40. The van der Waals surface area contributed by atoms with Gasteiger partial charge >= 0.3 is 0 Å². The lowest BCUT2D eigenvalue weighted by atomic mass is 10.1. The van der Waals surface area contributed by atoms with Crippen LogP contribution < -0.4 is 14.2 Å². The summed E-state index contributed by atoms with van der Waals surface area (Å²) < 4.78 is 16.8. The van der Waals surface area contributed by atoms with Gasteiger partial charge in [0.2, 0.25) is 12.7 Å². The first-order chi connectivity index (χ1) is 11.6. The largest absolute Gasteiger partial charge is 0.472 e. The van der Waals surface area contributed by atoms with Crippen LogP contribution in [0.4, 0.5) is 0 Å². The van der Waals surface area contributed by atoms with Gasteiger partial charge in [-0.3, -0.25) is 4.90 Å². The van der Waals surface area contributed by atoms with Crippen LogP contribution in [0.5, 0.6) is 17.4 Å². The fourth-order valence-electron chi connectivity index (χ4n) is 3.33. The van der Waals surface area contributed by atoms with Crippen molar-refractivity contribution >= 4 is 0 Å². The monoisotopic (exact) mass is 327 g/mol. The summed E-state index contributed by atoms with van der Waals surface area (Å²) in [5, 5.41) is 0. The Hall–Kier alpha value is -2.34.